The number of nitrogens with one attached hydrogen (secondary N) is 2. The zero-order valence-corrected chi connectivity index (χ0v) is 15.9. The van der Waals surface area contributed by atoms with Crippen LogP contribution in [0.4, 0.5) is 10.5 Å². The first-order chi connectivity index (χ1) is 13.2. The van der Waals surface area contributed by atoms with Gasteiger partial charge in [0.1, 0.15) is 5.75 Å². The van der Waals surface area contributed by atoms with Crippen molar-refractivity contribution in [1.29, 1.82) is 0 Å². The van der Waals surface area contributed by atoms with E-state index in [2.05, 4.69) is 10.6 Å². The monoisotopic (exact) mass is 371 g/mol. The lowest BCUT2D eigenvalue weighted by Crippen LogP contribution is -2.59. The minimum atomic E-state index is -0.0520. The van der Waals surface area contributed by atoms with Gasteiger partial charge in [-0.25, -0.2) is 4.79 Å². The Morgan fingerprint density at radius 2 is 1.81 bits per heavy atom. The van der Waals surface area contributed by atoms with Crippen molar-refractivity contribution in [1.82, 2.24) is 10.2 Å². The summed E-state index contributed by atoms with van der Waals surface area (Å²) in [5.41, 5.74) is 0.714. The Kier molecular flexibility index (Phi) is 5.23. The Balaban J connectivity index is 1.42. The molecule has 2 aliphatic heterocycles. The highest BCUT2D eigenvalue weighted by molar-refractivity contribution is 5.91. The van der Waals surface area contributed by atoms with Gasteiger partial charge in [0.25, 0.3) is 0 Å². The van der Waals surface area contributed by atoms with Gasteiger partial charge < -0.3 is 20.3 Å². The second kappa shape index (κ2) is 7.79. The average Bonchev–Trinajstić information content (AvgIpc) is 3.48. The number of benzene rings is 1. The predicted octanol–water partition coefficient (Wildman–Crippen LogP) is 3.53. The number of hydrogen-bond donors (Lipinski definition) is 2. The lowest BCUT2D eigenvalue weighted by atomic mass is 9.82. The molecule has 27 heavy (non-hydrogen) atoms. The molecular weight excluding hydrogens is 342 g/mol. The number of hydrogen-bond acceptors (Lipinski definition) is 3. The van der Waals surface area contributed by atoms with E-state index in [0.29, 0.717) is 18.0 Å². The van der Waals surface area contributed by atoms with Crippen LogP contribution in [0, 0.1) is 5.92 Å². The second-order valence-electron chi connectivity index (χ2n) is 7.96. The summed E-state index contributed by atoms with van der Waals surface area (Å²) in [6, 6.07) is 8.10. The van der Waals surface area contributed by atoms with Crippen LogP contribution < -0.4 is 15.4 Å². The number of carbonyl (C=O) groups excluding carboxylic acids is 2. The van der Waals surface area contributed by atoms with Crippen molar-refractivity contribution >= 4 is 17.6 Å². The number of ether oxygens (including phenoxy) is 1. The average molecular weight is 371 g/mol. The Morgan fingerprint density at radius 1 is 1.11 bits per heavy atom. The topological polar surface area (TPSA) is 70.7 Å². The van der Waals surface area contributed by atoms with E-state index in [0.717, 1.165) is 44.9 Å². The molecular formula is C21H29N3O3. The van der Waals surface area contributed by atoms with Crippen LogP contribution in [0.5, 0.6) is 5.75 Å². The van der Waals surface area contributed by atoms with Gasteiger partial charge in [0.2, 0.25) is 5.91 Å². The number of urea groups is 1. The summed E-state index contributed by atoms with van der Waals surface area (Å²) in [4.78, 5) is 27.2. The third-order valence-electron chi connectivity index (χ3n) is 5.93. The van der Waals surface area contributed by atoms with E-state index in [-0.39, 0.29) is 36.0 Å². The lowest BCUT2D eigenvalue weighted by Gasteiger charge is -2.48. The summed E-state index contributed by atoms with van der Waals surface area (Å²) in [6.07, 6.45) is 6.93. The first kappa shape index (κ1) is 18.1. The number of piperidine rings is 2. The Morgan fingerprint density at radius 3 is 2.48 bits per heavy atom. The molecule has 1 saturated carbocycles. The molecule has 1 aliphatic carbocycles. The molecule has 2 saturated heterocycles. The zero-order valence-electron chi connectivity index (χ0n) is 15.9. The van der Waals surface area contributed by atoms with E-state index in [1.54, 1.807) is 0 Å². The van der Waals surface area contributed by atoms with Crippen molar-refractivity contribution in [3.05, 3.63) is 24.3 Å². The summed E-state index contributed by atoms with van der Waals surface area (Å²) in [5, 5.41) is 6.28. The maximum absolute atomic E-state index is 13.1. The fourth-order valence-corrected chi connectivity index (χ4v) is 4.53. The van der Waals surface area contributed by atoms with E-state index >= 15 is 0 Å². The fourth-order valence-electron chi connectivity index (χ4n) is 4.53. The number of fused-ring (bicyclic) bond motifs is 2. The molecule has 146 valence electrons. The van der Waals surface area contributed by atoms with Crippen molar-refractivity contribution < 1.29 is 14.3 Å². The third kappa shape index (κ3) is 4.04. The Bertz CT molecular complexity index is 690. The number of para-hydroxylation sites is 2. The highest BCUT2D eigenvalue weighted by Gasteiger charge is 2.42. The molecule has 2 heterocycles. The first-order valence-corrected chi connectivity index (χ1v) is 10.3. The van der Waals surface area contributed by atoms with Crippen LogP contribution in [0.1, 0.15) is 51.9 Å². The van der Waals surface area contributed by atoms with Crippen LogP contribution in [-0.4, -0.2) is 41.6 Å². The van der Waals surface area contributed by atoms with Gasteiger partial charge in [-0.2, -0.15) is 0 Å². The van der Waals surface area contributed by atoms with E-state index in [1.807, 2.05) is 36.1 Å². The van der Waals surface area contributed by atoms with Gasteiger partial charge in [0.05, 0.1) is 12.3 Å². The van der Waals surface area contributed by atoms with E-state index < -0.39 is 0 Å². The molecule has 1 unspecified atom stereocenters. The maximum atomic E-state index is 13.1. The van der Waals surface area contributed by atoms with Crippen LogP contribution in [-0.2, 0) is 4.79 Å². The minimum Gasteiger partial charge on any atom is -0.492 e. The van der Waals surface area contributed by atoms with Gasteiger partial charge in [-0.3, -0.25) is 4.79 Å². The molecule has 6 heteroatoms. The molecule has 3 fully saturated rings. The van der Waals surface area contributed by atoms with Crippen LogP contribution >= 0.6 is 0 Å². The van der Waals surface area contributed by atoms with E-state index in [1.165, 1.54) is 0 Å². The largest absolute Gasteiger partial charge is 0.492 e. The lowest BCUT2D eigenvalue weighted by molar-refractivity contribution is -0.123. The van der Waals surface area contributed by atoms with Crippen LogP contribution in [0.15, 0.2) is 24.3 Å². The van der Waals surface area contributed by atoms with Gasteiger partial charge in [-0.05, 0) is 64.0 Å². The minimum absolute atomic E-state index is 0.0520. The zero-order chi connectivity index (χ0) is 18.8. The number of rotatable bonds is 5. The third-order valence-corrected chi connectivity index (χ3v) is 5.93. The summed E-state index contributed by atoms with van der Waals surface area (Å²) < 4.78 is 5.63. The SMILES string of the molecule is CCOc1ccccc1NC(=O)N1[C@@H]2CCC[C@H]1CC(NC(=O)C1CC1)C2. The smallest absolute Gasteiger partial charge is 0.322 e. The van der Waals surface area contributed by atoms with Gasteiger partial charge in [-0.15, -0.1) is 0 Å². The van der Waals surface area contributed by atoms with Crippen molar-refractivity contribution in [2.24, 2.45) is 5.92 Å². The standard InChI is InChI=1S/C21H29N3O3/c1-2-27-19-9-4-3-8-18(19)23-21(26)24-16-6-5-7-17(24)13-15(12-16)22-20(25)14-10-11-14/h3-4,8-9,14-17H,2,5-7,10-13H2,1H3,(H,22,25)(H,23,26)/t15?,16-,17+. The highest BCUT2D eigenvalue weighted by atomic mass is 16.5. The molecule has 0 radical (unpaired) electrons. The molecule has 3 amide bonds. The number of amides is 3. The molecule has 0 aromatic heterocycles. The molecule has 0 spiro atoms. The normalized spacial score (nSPS) is 27.0. The molecule has 4 rings (SSSR count). The van der Waals surface area contributed by atoms with Crippen LogP contribution in [0.3, 0.4) is 0 Å². The molecule has 3 aliphatic rings. The predicted molar refractivity (Wildman–Crippen MR) is 104 cm³/mol. The molecule has 1 aromatic carbocycles. The Labute approximate surface area is 160 Å². The summed E-state index contributed by atoms with van der Waals surface area (Å²) in [7, 11) is 0. The number of carbonyl (C=O) groups is 2. The fraction of sp³-hybridized carbons (Fsp3) is 0.619. The van der Waals surface area contributed by atoms with Crippen molar-refractivity contribution in [3.63, 3.8) is 0 Å². The second-order valence-corrected chi connectivity index (χ2v) is 7.96. The van der Waals surface area contributed by atoms with Gasteiger partial charge >= 0.3 is 6.03 Å². The highest BCUT2D eigenvalue weighted by Crippen LogP contribution is 2.36. The number of anilines is 1. The van der Waals surface area contributed by atoms with Gasteiger partial charge in [0.15, 0.2) is 0 Å². The molecule has 1 aromatic rings. The van der Waals surface area contributed by atoms with E-state index in [4.69, 9.17) is 4.74 Å². The van der Waals surface area contributed by atoms with Crippen molar-refractivity contribution in [3.8, 4) is 5.75 Å². The van der Waals surface area contributed by atoms with Crippen molar-refractivity contribution in [2.45, 2.75) is 70.0 Å². The number of nitrogens with zero attached hydrogens (tertiary/aromatic N) is 1. The summed E-state index contributed by atoms with van der Waals surface area (Å²) >= 11 is 0. The summed E-state index contributed by atoms with van der Waals surface area (Å²) in [5.74, 6) is 1.15. The van der Waals surface area contributed by atoms with Gasteiger partial charge in [0, 0.05) is 24.0 Å². The molecule has 2 bridgehead atoms. The molecule has 6 nitrogen and oxygen atoms in total. The quantitative estimate of drug-likeness (QED) is 0.832. The van der Waals surface area contributed by atoms with E-state index in [9.17, 15) is 9.59 Å². The van der Waals surface area contributed by atoms with Gasteiger partial charge in [-0.1, -0.05) is 12.1 Å². The molecule has 3 atom stereocenters. The van der Waals surface area contributed by atoms with Crippen molar-refractivity contribution in [2.75, 3.05) is 11.9 Å². The van der Waals surface area contributed by atoms with Crippen LogP contribution in [0.2, 0.25) is 0 Å². The van der Waals surface area contributed by atoms with Crippen LogP contribution in [0.25, 0.3) is 0 Å². The first-order valence-electron chi connectivity index (χ1n) is 10.3. The summed E-state index contributed by atoms with van der Waals surface area (Å²) in [6.45, 7) is 2.49. The Hall–Kier alpha value is -2.24. The maximum Gasteiger partial charge on any atom is 0.322 e. The molecule has 2 N–H and O–H groups in total.